The number of nitrogens with zero attached hydrogens (tertiary/aromatic N) is 1. The molecule has 0 aromatic carbocycles. The van der Waals surface area contributed by atoms with E-state index in [-0.39, 0.29) is 0 Å². The molecule has 0 aliphatic rings. The Morgan fingerprint density at radius 2 is 2.13 bits per heavy atom. The molecule has 0 amide bonds. The van der Waals surface area contributed by atoms with Crippen molar-refractivity contribution >= 4 is 5.82 Å². The summed E-state index contributed by atoms with van der Waals surface area (Å²) in [4.78, 5) is 3.96. The molecular weight excluding hydrogens is 186 g/mol. The fourth-order valence-corrected chi connectivity index (χ4v) is 1.53. The molecule has 4 N–H and O–H groups in total. The standard InChI is InChI=1S/C12H21N3/c1-9(2)11(13)5-3-4-10-6-7-15-12(14)8-10/h6-9,11H,3-5,13H2,1-2H3,(H2,14,15). The van der Waals surface area contributed by atoms with Gasteiger partial charge in [-0.2, -0.15) is 0 Å². The molecule has 3 nitrogen and oxygen atoms in total. The zero-order valence-corrected chi connectivity index (χ0v) is 9.61. The molecule has 1 aromatic rings. The van der Waals surface area contributed by atoms with Crippen LogP contribution in [0.1, 0.15) is 32.3 Å². The second-order valence-corrected chi connectivity index (χ2v) is 4.39. The van der Waals surface area contributed by atoms with Gasteiger partial charge in [0.15, 0.2) is 0 Å². The van der Waals surface area contributed by atoms with Gasteiger partial charge in [-0.05, 0) is 42.9 Å². The minimum atomic E-state index is 0.309. The van der Waals surface area contributed by atoms with Gasteiger partial charge in [0.1, 0.15) is 5.82 Å². The number of aryl methyl sites for hydroxylation is 1. The van der Waals surface area contributed by atoms with E-state index in [1.54, 1.807) is 6.20 Å². The molecule has 0 spiro atoms. The maximum Gasteiger partial charge on any atom is 0.123 e. The summed E-state index contributed by atoms with van der Waals surface area (Å²) in [6, 6.07) is 4.25. The molecule has 0 saturated heterocycles. The normalized spacial score (nSPS) is 13.1. The van der Waals surface area contributed by atoms with Crippen LogP contribution in [0.15, 0.2) is 18.3 Å². The third kappa shape index (κ3) is 4.30. The molecule has 1 atom stereocenters. The molecule has 0 radical (unpaired) electrons. The predicted octanol–water partition coefficient (Wildman–Crippen LogP) is 1.97. The van der Waals surface area contributed by atoms with Gasteiger partial charge < -0.3 is 11.5 Å². The van der Waals surface area contributed by atoms with Gasteiger partial charge in [0.05, 0.1) is 0 Å². The summed E-state index contributed by atoms with van der Waals surface area (Å²) in [6.07, 6.45) is 4.98. The molecule has 0 aliphatic heterocycles. The second-order valence-electron chi connectivity index (χ2n) is 4.39. The summed E-state index contributed by atoms with van der Waals surface area (Å²) in [6.45, 7) is 4.32. The van der Waals surface area contributed by atoms with Crippen LogP contribution in [0.2, 0.25) is 0 Å². The van der Waals surface area contributed by atoms with Crippen LogP contribution in [0.25, 0.3) is 0 Å². The van der Waals surface area contributed by atoms with Gasteiger partial charge >= 0.3 is 0 Å². The van der Waals surface area contributed by atoms with Crippen LogP contribution in [-0.2, 0) is 6.42 Å². The second kappa shape index (κ2) is 5.71. The van der Waals surface area contributed by atoms with Crippen LogP contribution < -0.4 is 11.5 Å². The number of nitrogens with two attached hydrogens (primary N) is 2. The first kappa shape index (κ1) is 12.0. The van der Waals surface area contributed by atoms with Crippen LogP contribution in [0.4, 0.5) is 5.82 Å². The van der Waals surface area contributed by atoms with Crippen LogP contribution in [-0.4, -0.2) is 11.0 Å². The minimum Gasteiger partial charge on any atom is -0.384 e. The van der Waals surface area contributed by atoms with Crippen molar-refractivity contribution in [2.75, 3.05) is 5.73 Å². The molecule has 1 heterocycles. The van der Waals surface area contributed by atoms with Crippen LogP contribution in [0, 0.1) is 5.92 Å². The zero-order valence-electron chi connectivity index (χ0n) is 9.61. The van der Waals surface area contributed by atoms with Crippen LogP contribution in [0.3, 0.4) is 0 Å². The summed E-state index contributed by atoms with van der Waals surface area (Å²) in [7, 11) is 0. The van der Waals surface area contributed by atoms with Gasteiger partial charge in [-0.25, -0.2) is 4.98 Å². The highest BCUT2D eigenvalue weighted by Gasteiger charge is 2.06. The Morgan fingerprint density at radius 1 is 1.40 bits per heavy atom. The quantitative estimate of drug-likeness (QED) is 0.775. The Bertz CT molecular complexity index is 297. The number of aromatic nitrogens is 1. The molecule has 0 fully saturated rings. The maximum absolute atomic E-state index is 5.97. The first-order valence-corrected chi connectivity index (χ1v) is 5.55. The van der Waals surface area contributed by atoms with Crippen molar-refractivity contribution in [3.63, 3.8) is 0 Å². The molecule has 0 saturated carbocycles. The smallest absolute Gasteiger partial charge is 0.123 e. The topological polar surface area (TPSA) is 64.9 Å². The van der Waals surface area contributed by atoms with Crippen molar-refractivity contribution in [3.8, 4) is 0 Å². The van der Waals surface area contributed by atoms with Crippen molar-refractivity contribution in [2.24, 2.45) is 11.7 Å². The summed E-state index contributed by atoms with van der Waals surface area (Å²) in [5.41, 5.74) is 12.8. The van der Waals surface area contributed by atoms with Gasteiger partial charge in [-0.15, -0.1) is 0 Å². The highest BCUT2D eigenvalue weighted by molar-refractivity contribution is 5.31. The van der Waals surface area contributed by atoms with E-state index in [0.29, 0.717) is 17.8 Å². The summed E-state index contributed by atoms with van der Waals surface area (Å²) >= 11 is 0. The van der Waals surface area contributed by atoms with Gasteiger partial charge in [-0.3, -0.25) is 0 Å². The number of rotatable bonds is 5. The predicted molar refractivity (Wildman–Crippen MR) is 64.4 cm³/mol. The highest BCUT2D eigenvalue weighted by atomic mass is 14.8. The van der Waals surface area contributed by atoms with Gasteiger partial charge in [0, 0.05) is 12.2 Å². The summed E-state index contributed by atoms with van der Waals surface area (Å²) in [5.74, 6) is 1.16. The van der Waals surface area contributed by atoms with E-state index in [2.05, 4.69) is 18.8 Å². The van der Waals surface area contributed by atoms with E-state index >= 15 is 0 Å². The van der Waals surface area contributed by atoms with E-state index in [0.717, 1.165) is 19.3 Å². The van der Waals surface area contributed by atoms with Crippen LogP contribution >= 0.6 is 0 Å². The highest BCUT2D eigenvalue weighted by Crippen LogP contribution is 2.11. The van der Waals surface area contributed by atoms with Crippen molar-refractivity contribution in [3.05, 3.63) is 23.9 Å². The molecule has 15 heavy (non-hydrogen) atoms. The van der Waals surface area contributed by atoms with Crippen molar-refractivity contribution < 1.29 is 0 Å². The van der Waals surface area contributed by atoms with Gasteiger partial charge in [0.25, 0.3) is 0 Å². The lowest BCUT2D eigenvalue weighted by molar-refractivity contribution is 0.452. The fourth-order valence-electron chi connectivity index (χ4n) is 1.53. The first-order chi connectivity index (χ1) is 7.09. The third-order valence-electron chi connectivity index (χ3n) is 2.70. The first-order valence-electron chi connectivity index (χ1n) is 5.55. The fraction of sp³-hybridized carbons (Fsp3) is 0.583. The SMILES string of the molecule is CC(C)C(N)CCCc1ccnc(N)c1. The third-order valence-corrected chi connectivity index (χ3v) is 2.70. The van der Waals surface area contributed by atoms with Crippen molar-refractivity contribution in [1.82, 2.24) is 4.98 Å². The van der Waals surface area contributed by atoms with E-state index in [1.807, 2.05) is 12.1 Å². The number of hydrogen-bond donors (Lipinski definition) is 2. The molecular formula is C12H21N3. The average Bonchev–Trinajstić information content (AvgIpc) is 2.17. The zero-order chi connectivity index (χ0) is 11.3. The summed E-state index contributed by atoms with van der Waals surface area (Å²) < 4.78 is 0. The Morgan fingerprint density at radius 3 is 2.73 bits per heavy atom. The van der Waals surface area contributed by atoms with Crippen molar-refractivity contribution in [1.29, 1.82) is 0 Å². The van der Waals surface area contributed by atoms with Gasteiger partial charge in [-0.1, -0.05) is 13.8 Å². The lowest BCUT2D eigenvalue weighted by Gasteiger charge is -2.14. The number of nitrogen functional groups attached to an aromatic ring is 1. The lowest BCUT2D eigenvalue weighted by Crippen LogP contribution is -2.26. The van der Waals surface area contributed by atoms with Crippen molar-refractivity contribution in [2.45, 2.75) is 39.2 Å². The summed E-state index contributed by atoms with van der Waals surface area (Å²) in [5, 5.41) is 0. The number of anilines is 1. The molecule has 1 unspecified atom stereocenters. The van der Waals surface area contributed by atoms with E-state index in [1.165, 1.54) is 5.56 Å². The number of pyridine rings is 1. The molecule has 84 valence electrons. The lowest BCUT2D eigenvalue weighted by atomic mass is 9.98. The van der Waals surface area contributed by atoms with Gasteiger partial charge in [0.2, 0.25) is 0 Å². The number of hydrogen-bond acceptors (Lipinski definition) is 3. The molecule has 1 aromatic heterocycles. The monoisotopic (exact) mass is 207 g/mol. The molecule has 3 heteroatoms. The Kier molecular flexibility index (Phi) is 4.56. The van der Waals surface area contributed by atoms with E-state index in [4.69, 9.17) is 11.5 Å². The molecule has 0 bridgehead atoms. The minimum absolute atomic E-state index is 0.309. The molecule has 0 aliphatic carbocycles. The largest absolute Gasteiger partial charge is 0.384 e. The van der Waals surface area contributed by atoms with Crippen LogP contribution in [0.5, 0.6) is 0 Å². The van der Waals surface area contributed by atoms with E-state index in [9.17, 15) is 0 Å². The van der Waals surface area contributed by atoms with E-state index < -0.39 is 0 Å². The molecule has 1 rings (SSSR count). The Hall–Kier alpha value is -1.09. The average molecular weight is 207 g/mol. The Balaban J connectivity index is 2.32. The maximum atomic E-state index is 5.97. The Labute approximate surface area is 91.9 Å².